The number of nitrogens with zero attached hydrogens (tertiary/aromatic N) is 1. The van der Waals surface area contributed by atoms with E-state index in [1.165, 1.54) is 11.3 Å². The van der Waals surface area contributed by atoms with Crippen molar-refractivity contribution in [3.05, 3.63) is 23.8 Å². The molecule has 0 fully saturated rings. The number of rotatable bonds is 2. The molecule has 4 heteroatoms. The lowest BCUT2D eigenvalue weighted by Gasteiger charge is -2.47. The quantitative estimate of drug-likeness (QED) is 0.661. The summed E-state index contributed by atoms with van der Waals surface area (Å²) < 4.78 is 6.40. The van der Waals surface area contributed by atoms with Gasteiger partial charge in [-0.05, 0) is 58.1 Å². The fourth-order valence-corrected chi connectivity index (χ4v) is 3.76. The van der Waals surface area contributed by atoms with Crippen molar-refractivity contribution in [1.29, 1.82) is 0 Å². The molecule has 0 radical (unpaired) electrons. The number of nitrogen functional groups attached to an aromatic ring is 1. The number of anilines is 2. The molecule has 1 heterocycles. The van der Waals surface area contributed by atoms with Crippen LogP contribution in [-0.4, -0.2) is 20.9 Å². The van der Waals surface area contributed by atoms with Crippen molar-refractivity contribution in [2.75, 3.05) is 17.7 Å². The first kappa shape index (κ1) is 14.4. The van der Waals surface area contributed by atoms with E-state index in [1.807, 2.05) is 6.07 Å². The minimum Gasteiger partial charge on any atom is -0.411 e. The van der Waals surface area contributed by atoms with Gasteiger partial charge in [0.25, 0.3) is 0 Å². The van der Waals surface area contributed by atoms with E-state index in [0.717, 1.165) is 12.1 Å². The summed E-state index contributed by atoms with van der Waals surface area (Å²) in [4.78, 5) is 2.34. The van der Waals surface area contributed by atoms with Crippen LogP contribution in [0.15, 0.2) is 18.2 Å². The van der Waals surface area contributed by atoms with Crippen molar-refractivity contribution in [3.8, 4) is 0 Å². The van der Waals surface area contributed by atoms with E-state index < -0.39 is 8.32 Å². The smallest absolute Gasteiger partial charge is 0.184 e. The SMILES string of the molecule is CN1c2ccc(N)cc2C(O[Si](C)(C)C)CC1(C)C. The van der Waals surface area contributed by atoms with Crippen LogP contribution in [0.2, 0.25) is 19.6 Å². The minimum atomic E-state index is -1.57. The molecule has 2 rings (SSSR count). The van der Waals surface area contributed by atoms with Crippen molar-refractivity contribution in [3.63, 3.8) is 0 Å². The molecule has 19 heavy (non-hydrogen) atoms. The average molecular weight is 278 g/mol. The van der Waals surface area contributed by atoms with Gasteiger partial charge in [-0.2, -0.15) is 0 Å². The molecule has 0 aliphatic carbocycles. The van der Waals surface area contributed by atoms with Crippen LogP contribution in [0.3, 0.4) is 0 Å². The predicted molar refractivity (Wildman–Crippen MR) is 85.1 cm³/mol. The molecule has 1 aliphatic rings. The minimum absolute atomic E-state index is 0.105. The van der Waals surface area contributed by atoms with E-state index in [-0.39, 0.29) is 11.6 Å². The fourth-order valence-electron chi connectivity index (χ4n) is 2.69. The van der Waals surface area contributed by atoms with Gasteiger partial charge in [-0.3, -0.25) is 0 Å². The molecule has 0 bridgehead atoms. The zero-order valence-electron chi connectivity index (χ0n) is 12.9. The third-order valence-electron chi connectivity index (χ3n) is 3.85. The highest BCUT2D eigenvalue weighted by Crippen LogP contribution is 2.44. The highest BCUT2D eigenvalue weighted by atomic mass is 28.4. The molecule has 0 amide bonds. The van der Waals surface area contributed by atoms with Gasteiger partial charge in [0.2, 0.25) is 0 Å². The van der Waals surface area contributed by atoms with E-state index in [0.29, 0.717) is 0 Å². The topological polar surface area (TPSA) is 38.5 Å². The molecule has 1 aliphatic heterocycles. The van der Waals surface area contributed by atoms with Gasteiger partial charge in [0.05, 0.1) is 6.10 Å². The Bertz CT molecular complexity index is 480. The second-order valence-corrected chi connectivity index (χ2v) is 11.6. The van der Waals surface area contributed by atoms with Crippen molar-refractivity contribution in [2.45, 2.75) is 51.6 Å². The first-order valence-corrected chi connectivity index (χ1v) is 10.3. The summed E-state index contributed by atoms with van der Waals surface area (Å²) in [6.07, 6.45) is 1.17. The summed E-state index contributed by atoms with van der Waals surface area (Å²) in [5.74, 6) is 0. The van der Waals surface area contributed by atoms with Gasteiger partial charge in [0.1, 0.15) is 0 Å². The average Bonchev–Trinajstić information content (AvgIpc) is 2.23. The summed E-state index contributed by atoms with van der Waals surface area (Å²) in [5.41, 5.74) is 9.36. The predicted octanol–water partition coefficient (Wildman–Crippen LogP) is 3.78. The van der Waals surface area contributed by atoms with Gasteiger partial charge >= 0.3 is 0 Å². The molecule has 2 N–H and O–H groups in total. The molecule has 3 nitrogen and oxygen atoms in total. The Morgan fingerprint density at radius 1 is 1.32 bits per heavy atom. The Balaban J connectivity index is 2.46. The molecule has 1 unspecified atom stereocenters. The highest BCUT2D eigenvalue weighted by Gasteiger charge is 2.38. The zero-order valence-corrected chi connectivity index (χ0v) is 13.9. The number of hydrogen-bond donors (Lipinski definition) is 1. The number of fused-ring (bicyclic) bond motifs is 1. The Hall–Kier alpha value is -1.00. The molecule has 1 aromatic carbocycles. The Morgan fingerprint density at radius 3 is 2.53 bits per heavy atom. The van der Waals surface area contributed by atoms with Crippen LogP contribution >= 0.6 is 0 Å². The molecular formula is C15H26N2OSi. The molecule has 0 saturated heterocycles. The maximum absolute atomic E-state index is 6.40. The van der Waals surface area contributed by atoms with Crippen LogP contribution in [0.1, 0.15) is 31.9 Å². The number of benzene rings is 1. The van der Waals surface area contributed by atoms with E-state index in [9.17, 15) is 0 Å². The first-order valence-electron chi connectivity index (χ1n) is 6.91. The summed E-state index contributed by atoms with van der Waals surface area (Å²) in [5, 5.41) is 0. The number of hydrogen-bond acceptors (Lipinski definition) is 3. The van der Waals surface area contributed by atoms with Crippen molar-refractivity contribution in [2.24, 2.45) is 0 Å². The summed E-state index contributed by atoms with van der Waals surface area (Å²) in [7, 11) is 0.578. The summed E-state index contributed by atoms with van der Waals surface area (Å²) >= 11 is 0. The lowest BCUT2D eigenvalue weighted by Crippen LogP contribution is -2.47. The summed E-state index contributed by atoms with van der Waals surface area (Å²) in [6.45, 7) is 11.3. The molecule has 0 aromatic heterocycles. The van der Waals surface area contributed by atoms with Crippen LogP contribution in [0.25, 0.3) is 0 Å². The third-order valence-corrected chi connectivity index (χ3v) is 4.84. The monoisotopic (exact) mass is 278 g/mol. The van der Waals surface area contributed by atoms with Gasteiger partial charge in [-0.15, -0.1) is 0 Å². The highest BCUT2D eigenvalue weighted by molar-refractivity contribution is 6.69. The maximum Gasteiger partial charge on any atom is 0.184 e. The lowest BCUT2D eigenvalue weighted by atomic mass is 9.85. The van der Waals surface area contributed by atoms with Crippen LogP contribution < -0.4 is 10.6 Å². The molecule has 0 saturated carbocycles. The normalized spacial score (nSPS) is 22.2. The van der Waals surface area contributed by atoms with Crippen LogP contribution in [0, 0.1) is 0 Å². The Labute approximate surface area is 117 Å². The van der Waals surface area contributed by atoms with E-state index >= 15 is 0 Å². The first-order chi connectivity index (χ1) is 8.60. The van der Waals surface area contributed by atoms with Crippen molar-refractivity contribution < 1.29 is 4.43 Å². The van der Waals surface area contributed by atoms with Gasteiger partial charge < -0.3 is 15.1 Å². The van der Waals surface area contributed by atoms with E-state index in [1.54, 1.807) is 0 Å². The van der Waals surface area contributed by atoms with Crippen molar-refractivity contribution in [1.82, 2.24) is 0 Å². The molecule has 1 aromatic rings. The molecule has 106 valence electrons. The molecule has 1 atom stereocenters. The molecule has 0 spiro atoms. The van der Waals surface area contributed by atoms with Gasteiger partial charge in [0, 0.05) is 29.5 Å². The van der Waals surface area contributed by atoms with Gasteiger partial charge in [-0.1, -0.05) is 0 Å². The van der Waals surface area contributed by atoms with Crippen LogP contribution in [-0.2, 0) is 4.43 Å². The maximum atomic E-state index is 6.40. The fraction of sp³-hybridized carbons (Fsp3) is 0.600. The van der Waals surface area contributed by atoms with E-state index in [2.05, 4.69) is 57.6 Å². The summed E-state index contributed by atoms with van der Waals surface area (Å²) in [6, 6.07) is 6.17. The third kappa shape index (κ3) is 2.95. The molecular weight excluding hydrogens is 252 g/mol. The lowest BCUT2D eigenvalue weighted by molar-refractivity contribution is 0.149. The second-order valence-electron chi connectivity index (χ2n) is 7.11. The van der Waals surface area contributed by atoms with Crippen molar-refractivity contribution >= 4 is 19.7 Å². The van der Waals surface area contributed by atoms with Gasteiger partial charge in [-0.25, -0.2) is 0 Å². The largest absolute Gasteiger partial charge is 0.411 e. The van der Waals surface area contributed by atoms with Crippen LogP contribution in [0.4, 0.5) is 11.4 Å². The van der Waals surface area contributed by atoms with Crippen LogP contribution in [0.5, 0.6) is 0 Å². The Morgan fingerprint density at radius 2 is 1.95 bits per heavy atom. The van der Waals surface area contributed by atoms with E-state index in [4.69, 9.17) is 10.2 Å². The standard InChI is InChI=1S/C15H26N2OSi/c1-15(2)10-14(18-19(4,5)6)12-9-11(16)7-8-13(12)17(15)3/h7-9,14H,10,16H2,1-6H3. The zero-order chi connectivity index (χ0) is 14.4. The van der Waals surface area contributed by atoms with Gasteiger partial charge in [0.15, 0.2) is 8.32 Å². The number of nitrogens with two attached hydrogens (primary N) is 1. The second kappa shape index (κ2) is 4.53. The Kier molecular flexibility index (Phi) is 3.43.